The monoisotopic (exact) mass is 464 g/mol. The van der Waals surface area contributed by atoms with Crippen LogP contribution < -0.4 is 10.7 Å². The first kappa shape index (κ1) is 22.5. The Hall–Kier alpha value is -3.21. The van der Waals surface area contributed by atoms with Gasteiger partial charge in [0, 0.05) is 20.2 Å². The van der Waals surface area contributed by atoms with Gasteiger partial charge in [-0.1, -0.05) is 23.7 Å². The Morgan fingerprint density at radius 2 is 1.84 bits per heavy atom. The quantitative estimate of drug-likeness (QED) is 0.556. The number of anilines is 1. The van der Waals surface area contributed by atoms with Gasteiger partial charge in [-0.15, -0.1) is 0 Å². The fourth-order valence-corrected chi connectivity index (χ4v) is 3.66. The van der Waals surface area contributed by atoms with Crippen molar-refractivity contribution in [3.8, 4) is 0 Å². The van der Waals surface area contributed by atoms with Crippen molar-refractivity contribution >= 4 is 50.2 Å². The van der Waals surface area contributed by atoms with E-state index in [1.165, 1.54) is 38.4 Å². The summed E-state index contributed by atoms with van der Waals surface area (Å²) in [5, 5.41) is 2.79. The zero-order valence-electron chi connectivity index (χ0n) is 16.4. The Balaban J connectivity index is 1.71. The topological polar surface area (TPSA) is 123 Å². The first-order chi connectivity index (χ1) is 14.6. The van der Waals surface area contributed by atoms with Crippen molar-refractivity contribution in [2.75, 3.05) is 26.0 Å². The highest BCUT2D eigenvalue weighted by molar-refractivity contribution is 7.89. The second kappa shape index (κ2) is 8.88. The van der Waals surface area contributed by atoms with Gasteiger partial charge in [0.25, 0.3) is 5.91 Å². The van der Waals surface area contributed by atoms with Crippen molar-refractivity contribution in [3.05, 3.63) is 69.5 Å². The number of amides is 1. The number of nitrogens with one attached hydrogen (secondary N) is 1. The third-order valence-electron chi connectivity index (χ3n) is 4.16. The van der Waals surface area contributed by atoms with Crippen LogP contribution in [0.2, 0.25) is 5.02 Å². The molecular weight excluding hydrogens is 448 g/mol. The van der Waals surface area contributed by atoms with E-state index in [9.17, 15) is 22.8 Å². The minimum absolute atomic E-state index is 0.0304. The van der Waals surface area contributed by atoms with Gasteiger partial charge in [0.1, 0.15) is 5.58 Å². The van der Waals surface area contributed by atoms with Crippen LogP contribution in [0.3, 0.4) is 0 Å². The number of ether oxygens (including phenoxy) is 1. The SMILES string of the molecule is CN(C)S(=O)(=O)c1ccc(Cl)c(NC(=O)COC(=O)c2cc(=O)c3ccccc3o2)c1. The number of para-hydroxylation sites is 1. The molecule has 0 saturated carbocycles. The summed E-state index contributed by atoms with van der Waals surface area (Å²) in [7, 11) is -1.00. The number of halogens is 1. The molecule has 162 valence electrons. The van der Waals surface area contributed by atoms with Crippen LogP contribution >= 0.6 is 11.6 Å². The number of carbonyl (C=O) groups is 2. The van der Waals surface area contributed by atoms with E-state index >= 15 is 0 Å². The lowest BCUT2D eigenvalue weighted by molar-refractivity contribution is -0.119. The highest BCUT2D eigenvalue weighted by Gasteiger charge is 2.20. The van der Waals surface area contributed by atoms with Crippen LogP contribution in [0.25, 0.3) is 11.0 Å². The van der Waals surface area contributed by atoms with E-state index in [-0.39, 0.29) is 26.9 Å². The van der Waals surface area contributed by atoms with E-state index in [1.54, 1.807) is 18.2 Å². The molecule has 0 radical (unpaired) electrons. The molecule has 0 aliphatic rings. The molecule has 1 aromatic heterocycles. The van der Waals surface area contributed by atoms with Crippen molar-refractivity contribution in [1.29, 1.82) is 0 Å². The number of hydrogen-bond acceptors (Lipinski definition) is 7. The molecule has 11 heteroatoms. The zero-order valence-corrected chi connectivity index (χ0v) is 18.0. The summed E-state index contributed by atoms with van der Waals surface area (Å²) in [5.74, 6) is -2.13. The Kier molecular flexibility index (Phi) is 6.44. The van der Waals surface area contributed by atoms with E-state index in [2.05, 4.69) is 5.32 Å². The van der Waals surface area contributed by atoms with Gasteiger partial charge in [-0.05, 0) is 30.3 Å². The Labute approximate surface area is 182 Å². The Morgan fingerprint density at radius 1 is 1.13 bits per heavy atom. The van der Waals surface area contributed by atoms with Crippen LogP contribution in [0.1, 0.15) is 10.6 Å². The summed E-state index contributed by atoms with van der Waals surface area (Å²) in [6.07, 6.45) is 0. The molecule has 0 saturated heterocycles. The molecule has 0 aliphatic carbocycles. The van der Waals surface area contributed by atoms with Gasteiger partial charge in [-0.3, -0.25) is 9.59 Å². The smallest absolute Gasteiger partial charge is 0.374 e. The molecule has 0 spiro atoms. The van der Waals surface area contributed by atoms with Crippen LogP contribution in [0.4, 0.5) is 5.69 Å². The van der Waals surface area contributed by atoms with Crippen molar-refractivity contribution in [3.63, 3.8) is 0 Å². The number of fused-ring (bicyclic) bond motifs is 1. The maximum atomic E-state index is 12.2. The minimum Gasteiger partial charge on any atom is -0.450 e. The number of carbonyl (C=O) groups excluding carboxylic acids is 2. The normalized spacial score (nSPS) is 11.5. The summed E-state index contributed by atoms with van der Waals surface area (Å²) in [5.41, 5.74) is -0.191. The van der Waals surface area contributed by atoms with Crippen LogP contribution in [0.5, 0.6) is 0 Å². The van der Waals surface area contributed by atoms with Gasteiger partial charge in [0.15, 0.2) is 12.0 Å². The molecule has 0 atom stereocenters. The van der Waals surface area contributed by atoms with E-state index in [4.69, 9.17) is 20.8 Å². The van der Waals surface area contributed by atoms with E-state index < -0.39 is 33.9 Å². The molecule has 2 aromatic carbocycles. The van der Waals surface area contributed by atoms with E-state index in [0.29, 0.717) is 5.39 Å². The molecule has 3 aromatic rings. The molecule has 9 nitrogen and oxygen atoms in total. The molecule has 0 unspecified atom stereocenters. The summed E-state index contributed by atoms with van der Waals surface area (Å²) < 4.78 is 35.7. The van der Waals surface area contributed by atoms with Crippen LogP contribution in [-0.2, 0) is 19.6 Å². The number of nitrogens with zero attached hydrogens (tertiary/aromatic N) is 1. The first-order valence-electron chi connectivity index (χ1n) is 8.81. The largest absolute Gasteiger partial charge is 0.450 e. The van der Waals surface area contributed by atoms with Gasteiger partial charge in [0.05, 0.1) is 21.0 Å². The van der Waals surface area contributed by atoms with E-state index in [1.807, 2.05) is 0 Å². The summed E-state index contributed by atoms with van der Waals surface area (Å²) in [4.78, 5) is 36.3. The van der Waals surface area contributed by atoms with Crippen molar-refractivity contribution in [2.24, 2.45) is 0 Å². The molecule has 1 amide bonds. The predicted molar refractivity (Wildman–Crippen MR) is 114 cm³/mol. The average molecular weight is 465 g/mol. The molecule has 0 bridgehead atoms. The fourth-order valence-electron chi connectivity index (χ4n) is 2.56. The molecule has 0 fully saturated rings. The molecule has 3 rings (SSSR count). The average Bonchev–Trinajstić information content (AvgIpc) is 2.73. The maximum absolute atomic E-state index is 12.2. The van der Waals surface area contributed by atoms with Gasteiger partial charge in [-0.2, -0.15) is 0 Å². The molecule has 1 heterocycles. The van der Waals surface area contributed by atoms with Gasteiger partial charge >= 0.3 is 5.97 Å². The Morgan fingerprint density at radius 3 is 2.55 bits per heavy atom. The van der Waals surface area contributed by atoms with Gasteiger partial charge in [0.2, 0.25) is 15.8 Å². The summed E-state index contributed by atoms with van der Waals surface area (Å²) in [6.45, 7) is -0.712. The Bertz CT molecular complexity index is 1330. The highest BCUT2D eigenvalue weighted by Crippen LogP contribution is 2.26. The van der Waals surface area contributed by atoms with Crippen LogP contribution in [0, 0.1) is 0 Å². The number of rotatable bonds is 6. The van der Waals surface area contributed by atoms with Crippen molar-refractivity contribution in [2.45, 2.75) is 4.90 Å². The second-order valence-electron chi connectivity index (χ2n) is 6.52. The summed E-state index contributed by atoms with van der Waals surface area (Å²) in [6, 6.07) is 11.2. The number of esters is 1. The maximum Gasteiger partial charge on any atom is 0.374 e. The number of benzene rings is 2. The lowest BCUT2D eigenvalue weighted by atomic mass is 10.2. The standard InChI is InChI=1S/C20H17ClN2O7S/c1-23(2)31(27,28)12-7-8-14(21)15(9-12)22-19(25)11-29-20(26)18-10-16(24)13-5-3-4-6-17(13)30-18/h3-10H,11H2,1-2H3,(H,22,25). The van der Waals surface area contributed by atoms with Gasteiger partial charge in [-0.25, -0.2) is 17.5 Å². The van der Waals surface area contributed by atoms with Crippen LogP contribution in [0.15, 0.2) is 62.6 Å². The lowest BCUT2D eigenvalue weighted by Crippen LogP contribution is -2.23. The van der Waals surface area contributed by atoms with Crippen molar-refractivity contribution in [1.82, 2.24) is 4.31 Å². The highest BCUT2D eigenvalue weighted by atomic mass is 35.5. The van der Waals surface area contributed by atoms with E-state index in [0.717, 1.165) is 10.4 Å². The minimum atomic E-state index is -3.74. The number of hydrogen-bond donors (Lipinski definition) is 1. The molecule has 1 N–H and O–H groups in total. The molecular formula is C20H17ClN2O7S. The number of sulfonamides is 1. The first-order valence-corrected chi connectivity index (χ1v) is 10.6. The molecule has 31 heavy (non-hydrogen) atoms. The summed E-state index contributed by atoms with van der Waals surface area (Å²) >= 11 is 6.02. The zero-order chi connectivity index (χ0) is 22.8. The fraction of sp³-hybridized carbons (Fsp3) is 0.150. The molecule has 0 aliphatic heterocycles. The third-order valence-corrected chi connectivity index (χ3v) is 6.30. The van der Waals surface area contributed by atoms with Gasteiger partial charge < -0.3 is 14.5 Å². The predicted octanol–water partition coefficient (Wildman–Crippen LogP) is 2.49. The van der Waals surface area contributed by atoms with Crippen LogP contribution in [-0.4, -0.2) is 45.3 Å². The van der Waals surface area contributed by atoms with Crippen molar-refractivity contribution < 1.29 is 27.2 Å². The second-order valence-corrected chi connectivity index (χ2v) is 9.08. The lowest BCUT2D eigenvalue weighted by Gasteiger charge is -2.14. The third kappa shape index (κ3) is 4.93.